The Morgan fingerprint density at radius 3 is 2.83 bits per heavy atom. The number of amides is 1. The molecule has 0 radical (unpaired) electrons. The van der Waals surface area contributed by atoms with Crippen LogP contribution in [-0.4, -0.2) is 41.8 Å². The molecule has 3 aromatic rings. The number of nitrogens with zero attached hydrogens (tertiary/aromatic N) is 4. The van der Waals surface area contributed by atoms with E-state index in [2.05, 4.69) is 20.5 Å². The predicted octanol–water partition coefficient (Wildman–Crippen LogP) is 3.26. The first kappa shape index (κ1) is 24.3. The highest BCUT2D eigenvalue weighted by atomic mass is 35.5. The normalized spacial score (nSPS) is 16.3. The summed E-state index contributed by atoms with van der Waals surface area (Å²) in [5.74, 6) is -0.353. The van der Waals surface area contributed by atoms with Gasteiger partial charge in [-0.2, -0.15) is 28.4 Å². The Labute approximate surface area is 212 Å². The number of carbonyl (C=O) groups excluding carboxylic acids is 1. The average Bonchev–Trinajstić information content (AvgIpc) is 3.39. The largest absolute Gasteiger partial charge is 0.492 e. The summed E-state index contributed by atoms with van der Waals surface area (Å²) >= 11 is 7.05. The lowest BCUT2D eigenvalue weighted by Gasteiger charge is -2.17. The molecule has 1 saturated heterocycles. The number of carbonyl (C=O) groups is 1. The highest BCUT2D eigenvalue weighted by Gasteiger charge is 2.34. The quantitative estimate of drug-likeness (QED) is 0.539. The molecule has 0 saturated carbocycles. The fraction of sp³-hybridized carbons (Fsp3) is 0.250. The fourth-order valence-electron chi connectivity index (χ4n) is 4.15. The van der Waals surface area contributed by atoms with Gasteiger partial charge in [0.15, 0.2) is 5.13 Å². The molecular weight excluding hydrogens is 515 g/mol. The van der Waals surface area contributed by atoms with Crippen LogP contribution in [0.15, 0.2) is 46.6 Å². The van der Waals surface area contributed by atoms with Crippen molar-refractivity contribution in [1.29, 1.82) is 0 Å². The van der Waals surface area contributed by atoms with E-state index < -0.39 is 11.7 Å². The molecule has 0 unspecified atom stereocenters. The van der Waals surface area contributed by atoms with Gasteiger partial charge in [-0.25, -0.2) is 0 Å². The maximum Gasteiger partial charge on any atom is 0.416 e. The van der Waals surface area contributed by atoms with Crippen LogP contribution in [0, 0.1) is 0 Å². The number of aromatic hydroxyl groups is 1. The van der Waals surface area contributed by atoms with Gasteiger partial charge in [-0.05, 0) is 40.6 Å². The highest BCUT2D eigenvalue weighted by molar-refractivity contribution is 7.17. The Bertz CT molecular complexity index is 1500. The fourth-order valence-corrected chi connectivity index (χ4v) is 5.40. The van der Waals surface area contributed by atoms with Gasteiger partial charge in [0, 0.05) is 43.1 Å². The van der Waals surface area contributed by atoms with Crippen molar-refractivity contribution in [3.63, 3.8) is 0 Å². The molecule has 0 atom stereocenters. The van der Waals surface area contributed by atoms with Crippen LogP contribution in [0.4, 0.5) is 18.3 Å². The zero-order chi connectivity index (χ0) is 25.4. The number of hydrogen-bond acceptors (Lipinski definition) is 7. The first-order valence-corrected chi connectivity index (χ1v) is 12.2. The lowest BCUT2D eigenvalue weighted by Crippen LogP contribution is -2.28. The Hall–Kier alpha value is -3.44. The van der Waals surface area contributed by atoms with E-state index in [4.69, 9.17) is 11.6 Å². The van der Waals surface area contributed by atoms with E-state index in [1.54, 1.807) is 24.4 Å². The lowest BCUT2D eigenvalue weighted by molar-refractivity contribution is -0.138. The van der Waals surface area contributed by atoms with Crippen LogP contribution in [0.3, 0.4) is 0 Å². The number of nitrogens with one attached hydrogen (secondary N) is 1. The third kappa shape index (κ3) is 4.93. The number of aromatic nitrogens is 1. The van der Waals surface area contributed by atoms with E-state index >= 15 is 0 Å². The van der Waals surface area contributed by atoms with Gasteiger partial charge in [-0.15, -0.1) is 0 Å². The number of hydrogen-bond donors (Lipinski definition) is 2. The van der Waals surface area contributed by atoms with Gasteiger partial charge < -0.3 is 15.3 Å². The minimum atomic E-state index is -4.61. The maximum absolute atomic E-state index is 13.9. The second-order valence-corrected chi connectivity index (χ2v) is 9.72. The van der Waals surface area contributed by atoms with Crippen LogP contribution in [0.1, 0.15) is 28.0 Å². The van der Waals surface area contributed by atoms with Crippen LogP contribution in [0.2, 0.25) is 5.02 Å². The number of alkyl halides is 3. The predicted molar refractivity (Wildman–Crippen MR) is 131 cm³/mol. The number of rotatable bonds is 4. The maximum atomic E-state index is 13.9. The minimum Gasteiger partial charge on any atom is -0.492 e. The zero-order valence-corrected chi connectivity index (χ0v) is 20.2. The summed E-state index contributed by atoms with van der Waals surface area (Å²) in [5.41, 5.74) is 0.362. The molecule has 36 heavy (non-hydrogen) atoms. The van der Waals surface area contributed by atoms with E-state index in [9.17, 15) is 23.1 Å². The monoisotopic (exact) mass is 533 g/mol. The van der Waals surface area contributed by atoms with Crippen LogP contribution in [0.25, 0.3) is 5.57 Å². The van der Waals surface area contributed by atoms with Crippen LogP contribution in [-0.2, 0) is 17.4 Å². The molecule has 2 aromatic carbocycles. The number of halogens is 4. The van der Waals surface area contributed by atoms with Gasteiger partial charge >= 0.3 is 6.18 Å². The summed E-state index contributed by atoms with van der Waals surface area (Å²) in [4.78, 5) is 18.3. The molecule has 1 fully saturated rings. The molecule has 2 N–H and O–H groups in total. The molecule has 0 spiro atoms. The molecule has 12 heteroatoms. The molecule has 1 amide bonds. The van der Waals surface area contributed by atoms with E-state index in [-0.39, 0.29) is 35.2 Å². The molecule has 0 bridgehead atoms. The Kier molecular flexibility index (Phi) is 6.44. The van der Waals surface area contributed by atoms with E-state index in [0.29, 0.717) is 45.8 Å². The first-order valence-electron chi connectivity index (χ1n) is 11.0. The van der Waals surface area contributed by atoms with Crippen LogP contribution >= 0.6 is 22.9 Å². The Morgan fingerprint density at radius 1 is 1.19 bits per heavy atom. The van der Waals surface area contributed by atoms with Gasteiger partial charge in [0.25, 0.3) is 0 Å². The Balaban J connectivity index is 1.65. The van der Waals surface area contributed by atoms with E-state index in [0.717, 1.165) is 11.6 Å². The first-order chi connectivity index (χ1) is 17.2. The highest BCUT2D eigenvalue weighted by Crippen LogP contribution is 2.39. The van der Waals surface area contributed by atoms with Crippen molar-refractivity contribution in [3.05, 3.63) is 73.6 Å². The molecule has 0 aliphatic carbocycles. The van der Waals surface area contributed by atoms with E-state index in [1.165, 1.54) is 23.5 Å². The van der Waals surface area contributed by atoms with Crippen LogP contribution < -0.4 is 20.8 Å². The molecule has 2 aliphatic heterocycles. The lowest BCUT2D eigenvalue weighted by atomic mass is 9.96. The second kappa shape index (κ2) is 9.55. The SMILES string of the molecule is O=C1CCN(c2nc(O)c(C(Cc3ccc(Cl)cc3C(F)(F)F)=c3ccc4c(c3)C=NN=4)s2)CCN1. The van der Waals surface area contributed by atoms with Crippen molar-refractivity contribution in [3.8, 4) is 5.88 Å². The number of thiazole rings is 1. The van der Waals surface area contributed by atoms with E-state index in [1.807, 2.05) is 4.90 Å². The third-order valence-electron chi connectivity index (χ3n) is 5.94. The summed E-state index contributed by atoms with van der Waals surface area (Å²) in [6, 6.07) is 8.92. The van der Waals surface area contributed by atoms with Crippen LogP contribution in [0.5, 0.6) is 5.88 Å². The third-order valence-corrected chi connectivity index (χ3v) is 7.34. The van der Waals surface area contributed by atoms with Gasteiger partial charge in [-0.3, -0.25) is 4.79 Å². The second-order valence-electron chi connectivity index (χ2n) is 8.31. The number of benzene rings is 2. The van der Waals surface area contributed by atoms with Crippen molar-refractivity contribution < 1.29 is 23.1 Å². The summed E-state index contributed by atoms with van der Waals surface area (Å²) in [7, 11) is 0. The summed E-state index contributed by atoms with van der Waals surface area (Å²) in [6.07, 6.45) is -2.89. The smallest absolute Gasteiger partial charge is 0.416 e. The van der Waals surface area contributed by atoms with Gasteiger partial charge in [0.05, 0.1) is 22.0 Å². The number of fused-ring (bicyclic) bond motifs is 1. The molecule has 1 aromatic heterocycles. The topological polar surface area (TPSA) is 90.2 Å². The Morgan fingerprint density at radius 2 is 2.03 bits per heavy atom. The van der Waals surface area contributed by atoms with Crippen molar-refractivity contribution in [2.24, 2.45) is 10.2 Å². The standard InChI is InChI=1S/C24H19ClF3N5O2S/c25-16-3-1-14(18(11-16)24(26,27)28)10-17(13-2-4-19-15(9-13)12-30-32-19)21-22(35)31-23(36-21)33-7-5-20(34)29-6-8-33/h1-4,9,11-12,35H,5-8,10H2,(H,29,34). The number of anilines is 1. The summed E-state index contributed by atoms with van der Waals surface area (Å²) in [6.45, 7) is 1.35. The average molecular weight is 534 g/mol. The van der Waals surface area contributed by atoms with Crippen molar-refractivity contribution in [1.82, 2.24) is 10.3 Å². The van der Waals surface area contributed by atoms with Crippen molar-refractivity contribution >= 4 is 45.8 Å². The summed E-state index contributed by atoms with van der Waals surface area (Å²) in [5, 5.41) is 23.3. The molecule has 7 nitrogen and oxygen atoms in total. The van der Waals surface area contributed by atoms with Crippen molar-refractivity contribution in [2.75, 3.05) is 24.5 Å². The molecule has 3 heterocycles. The molecular formula is C24H19ClF3N5O2S. The molecule has 5 rings (SSSR count). The zero-order valence-electron chi connectivity index (χ0n) is 18.6. The minimum absolute atomic E-state index is 0.0136. The van der Waals surface area contributed by atoms with Crippen molar-refractivity contribution in [2.45, 2.75) is 19.0 Å². The summed E-state index contributed by atoms with van der Waals surface area (Å²) < 4.78 is 41.6. The van der Waals surface area contributed by atoms with Gasteiger partial charge in [0.2, 0.25) is 11.8 Å². The molecule has 2 aliphatic rings. The molecule has 186 valence electrons. The van der Waals surface area contributed by atoms with Gasteiger partial charge in [0.1, 0.15) is 0 Å². The van der Waals surface area contributed by atoms with Gasteiger partial charge in [-0.1, -0.05) is 35.1 Å².